The van der Waals surface area contributed by atoms with Crippen LogP contribution in [0.2, 0.25) is 0 Å². The highest BCUT2D eigenvalue weighted by Gasteiger charge is 2.29. The first-order chi connectivity index (χ1) is 13.5. The highest BCUT2D eigenvalue weighted by Crippen LogP contribution is 2.37. The molecule has 2 aromatic carbocycles. The lowest BCUT2D eigenvalue weighted by Gasteiger charge is -2.29. The number of carbonyl (C=O) groups excluding carboxylic acids is 1. The molecular formula is C22H22N4OS. The van der Waals surface area contributed by atoms with Gasteiger partial charge in [0.25, 0.3) is 0 Å². The third kappa shape index (κ3) is 3.32. The standard InChI is InChI=1S/C22H22N4OS/c1-22(2,15-6-4-3-5-7-15)21(27)25-16-8-10-17(11-9-16)26-14-24-20-18(19(26)23)12-13-28-20/h3-14,19H,23H2,1-2H3,(H,25,27). The van der Waals surface area contributed by atoms with Crippen molar-refractivity contribution in [1.82, 2.24) is 0 Å². The number of amides is 1. The number of benzene rings is 2. The molecule has 0 aliphatic carbocycles. The Bertz CT molecular complexity index is 1010. The summed E-state index contributed by atoms with van der Waals surface area (Å²) in [6.07, 6.45) is 1.49. The van der Waals surface area contributed by atoms with E-state index in [0.29, 0.717) is 0 Å². The van der Waals surface area contributed by atoms with Gasteiger partial charge in [0, 0.05) is 16.9 Å². The van der Waals surface area contributed by atoms with E-state index in [1.807, 2.05) is 84.8 Å². The summed E-state index contributed by atoms with van der Waals surface area (Å²) >= 11 is 1.58. The largest absolute Gasteiger partial charge is 0.325 e. The molecule has 1 amide bonds. The van der Waals surface area contributed by atoms with Gasteiger partial charge in [-0.1, -0.05) is 30.3 Å². The summed E-state index contributed by atoms with van der Waals surface area (Å²) in [6, 6.07) is 19.4. The predicted octanol–water partition coefficient (Wildman–Crippen LogP) is 4.80. The number of hydrogen-bond acceptors (Lipinski definition) is 5. The van der Waals surface area contributed by atoms with E-state index in [-0.39, 0.29) is 12.1 Å². The first kappa shape index (κ1) is 18.4. The molecule has 1 unspecified atom stereocenters. The minimum absolute atomic E-state index is 0.0504. The van der Waals surface area contributed by atoms with Crippen LogP contribution in [-0.2, 0) is 10.2 Å². The average molecular weight is 391 g/mol. The van der Waals surface area contributed by atoms with Crippen molar-refractivity contribution in [2.45, 2.75) is 25.4 Å². The van der Waals surface area contributed by atoms with Gasteiger partial charge in [-0.2, -0.15) is 0 Å². The zero-order chi connectivity index (χ0) is 19.7. The van der Waals surface area contributed by atoms with E-state index in [2.05, 4.69) is 10.3 Å². The van der Waals surface area contributed by atoms with Crippen molar-refractivity contribution in [2.24, 2.45) is 10.7 Å². The van der Waals surface area contributed by atoms with Crippen LogP contribution in [0.15, 0.2) is 71.0 Å². The first-order valence-electron chi connectivity index (χ1n) is 9.09. The van der Waals surface area contributed by atoms with Crippen molar-refractivity contribution in [3.05, 3.63) is 77.2 Å². The van der Waals surface area contributed by atoms with Crippen LogP contribution in [-0.4, -0.2) is 12.2 Å². The molecule has 5 nitrogen and oxygen atoms in total. The quantitative estimate of drug-likeness (QED) is 0.672. The number of fused-ring (bicyclic) bond motifs is 1. The minimum atomic E-state index is -0.628. The molecule has 1 aliphatic heterocycles. The SMILES string of the molecule is CC(C)(C(=O)Nc1ccc(N2C=Nc3sccc3C2N)cc1)c1ccccc1. The third-order valence-electron chi connectivity index (χ3n) is 5.08. The van der Waals surface area contributed by atoms with Crippen molar-refractivity contribution >= 4 is 40.0 Å². The Kier molecular flexibility index (Phi) is 4.75. The Morgan fingerprint density at radius 1 is 1.11 bits per heavy atom. The zero-order valence-corrected chi connectivity index (χ0v) is 16.6. The topological polar surface area (TPSA) is 70.7 Å². The molecule has 0 spiro atoms. The normalized spacial score (nSPS) is 16.0. The lowest BCUT2D eigenvalue weighted by molar-refractivity contribution is -0.120. The Morgan fingerprint density at radius 2 is 1.82 bits per heavy atom. The van der Waals surface area contributed by atoms with E-state index in [1.165, 1.54) is 0 Å². The number of hydrogen-bond donors (Lipinski definition) is 2. The molecule has 0 bridgehead atoms. The predicted molar refractivity (Wildman–Crippen MR) is 116 cm³/mol. The fourth-order valence-corrected chi connectivity index (χ4v) is 3.97. The maximum Gasteiger partial charge on any atom is 0.234 e. The molecule has 1 aromatic heterocycles. The molecule has 3 N–H and O–H groups in total. The van der Waals surface area contributed by atoms with E-state index >= 15 is 0 Å². The molecule has 6 heteroatoms. The molecule has 1 atom stereocenters. The van der Waals surface area contributed by atoms with Gasteiger partial charge in [-0.15, -0.1) is 11.3 Å². The molecule has 28 heavy (non-hydrogen) atoms. The van der Waals surface area contributed by atoms with Crippen LogP contribution in [0.5, 0.6) is 0 Å². The fraction of sp³-hybridized carbons (Fsp3) is 0.182. The van der Waals surface area contributed by atoms with Crippen molar-refractivity contribution in [3.63, 3.8) is 0 Å². The van der Waals surface area contributed by atoms with Crippen LogP contribution in [0.25, 0.3) is 0 Å². The Labute approximate surface area is 168 Å². The zero-order valence-electron chi connectivity index (χ0n) is 15.8. The molecule has 0 saturated carbocycles. The molecule has 1 aliphatic rings. The highest BCUT2D eigenvalue weighted by molar-refractivity contribution is 7.14. The van der Waals surface area contributed by atoms with E-state index in [1.54, 1.807) is 17.7 Å². The number of aliphatic imine (C=N–C) groups is 1. The molecule has 0 saturated heterocycles. The summed E-state index contributed by atoms with van der Waals surface area (Å²) < 4.78 is 0. The second kappa shape index (κ2) is 7.22. The van der Waals surface area contributed by atoms with Crippen LogP contribution in [0.1, 0.15) is 31.1 Å². The van der Waals surface area contributed by atoms with Crippen molar-refractivity contribution in [2.75, 3.05) is 10.2 Å². The molecule has 3 aromatic rings. The van der Waals surface area contributed by atoms with Gasteiger partial charge in [-0.3, -0.25) is 4.79 Å². The summed E-state index contributed by atoms with van der Waals surface area (Å²) in [5, 5.41) is 5.97. The summed E-state index contributed by atoms with van der Waals surface area (Å²) in [5.41, 5.74) is 9.42. The van der Waals surface area contributed by atoms with E-state index < -0.39 is 5.41 Å². The van der Waals surface area contributed by atoms with Crippen molar-refractivity contribution in [1.29, 1.82) is 0 Å². The van der Waals surface area contributed by atoms with E-state index in [0.717, 1.165) is 27.5 Å². The van der Waals surface area contributed by atoms with Crippen LogP contribution in [0.3, 0.4) is 0 Å². The first-order valence-corrected chi connectivity index (χ1v) is 9.97. The number of nitrogens with one attached hydrogen (secondary N) is 1. The van der Waals surface area contributed by atoms with Gasteiger partial charge in [0.05, 0.1) is 11.8 Å². The molecule has 0 fully saturated rings. The molecule has 4 rings (SSSR count). The van der Waals surface area contributed by atoms with Gasteiger partial charge < -0.3 is 16.0 Å². The lowest BCUT2D eigenvalue weighted by Crippen LogP contribution is -2.35. The van der Waals surface area contributed by atoms with Gasteiger partial charge in [0.2, 0.25) is 5.91 Å². The number of thiophene rings is 1. The maximum absolute atomic E-state index is 12.8. The summed E-state index contributed by atoms with van der Waals surface area (Å²) in [5.74, 6) is -0.0504. The number of nitrogens with two attached hydrogens (primary N) is 1. The number of anilines is 2. The number of nitrogens with zero attached hydrogens (tertiary/aromatic N) is 2. The van der Waals surface area contributed by atoms with Crippen LogP contribution < -0.4 is 16.0 Å². The van der Waals surface area contributed by atoms with Gasteiger partial charge in [-0.25, -0.2) is 4.99 Å². The average Bonchev–Trinajstić information content (AvgIpc) is 3.19. The summed E-state index contributed by atoms with van der Waals surface area (Å²) in [6.45, 7) is 3.85. The van der Waals surface area contributed by atoms with Gasteiger partial charge >= 0.3 is 0 Å². The lowest BCUT2D eigenvalue weighted by atomic mass is 9.83. The van der Waals surface area contributed by atoms with Crippen LogP contribution >= 0.6 is 11.3 Å². The monoisotopic (exact) mass is 390 g/mol. The number of carbonyl (C=O) groups is 1. The molecule has 142 valence electrons. The molecule has 0 radical (unpaired) electrons. The van der Waals surface area contributed by atoms with Crippen LogP contribution in [0.4, 0.5) is 16.4 Å². The maximum atomic E-state index is 12.8. The van der Waals surface area contributed by atoms with Crippen molar-refractivity contribution in [3.8, 4) is 0 Å². The minimum Gasteiger partial charge on any atom is -0.325 e. The van der Waals surface area contributed by atoms with E-state index in [4.69, 9.17) is 5.73 Å². The summed E-state index contributed by atoms with van der Waals surface area (Å²) in [7, 11) is 0. The van der Waals surface area contributed by atoms with Gasteiger partial charge in [-0.05, 0) is 55.1 Å². The van der Waals surface area contributed by atoms with Gasteiger partial charge in [0.15, 0.2) is 0 Å². The van der Waals surface area contributed by atoms with Crippen molar-refractivity contribution < 1.29 is 4.79 Å². The molecular weight excluding hydrogens is 368 g/mol. The van der Waals surface area contributed by atoms with Gasteiger partial charge in [0.1, 0.15) is 11.2 Å². The Balaban J connectivity index is 1.49. The number of rotatable bonds is 4. The smallest absolute Gasteiger partial charge is 0.234 e. The fourth-order valence-electron chi connectivity index (χ4n) is 3.19. The summed E-state index contributed by atoms with van der Waals surface area (Å²) in [4.78, 5) is 19.2. The van der Waals surface area contributed by atoms with E-state index in [9.17, 15) is 4.79 Å². The van der Waals surface area contributed by atoms with Crippen LogP contribution in [0, 0.1) is 0 Å². The second-order valence-corrected chi connectivity index (χ2v) is 8.16. The Morgan fingerprint density at radius 3 is 2.54 bits per heavy atom. The highest BCUT2D eigenvalue weighted by atomic mass is 32.1. The Hall–Kier alpha value is -2.96. The second-order valence-electron chi connectivity index (χ2n) is 7.27. The third-order valence-corrected chi connectivity index (χ3v) is 5.91. The molecule has 2 heterocycles.